The van der Waals surface area contributed by atoms with Gasteiger partial charge in [0.1, 0.15) is 0 Å². The van der Waals surface area contributed by atoms with Gasteiger partial charge in [0.05, 0.1) is 12.6 Å². The molecule has 0 aliphatic heterocycles. The molecule has 1 atom stereocenters. The fourth-order valence-corrected chi connectivity index (χ4v) is 1.63. The van der Waals surface area contributed by atoms with Crippen molar-refractivity contribution in [3.05, 3.63) is 29.3 Å². The van der Waals surface area contributed by atoms with Crippen LogP contribution >= 0.6 is 12.4 Å². The number of carbonyl (C=O) groups excluding carboxylic acids is 2. The lowest BCUT2D eigenvalue weighted by molar-refractivity contribution is -0.117. The molecule has 0 heterocycles. The molecular formula is C14H22ClN3O3. The molecule has 6 nitrogen and oxygen atoms in total. The van der Waals surface area contributed by atoms with Crippen molar-refractivity contribution in [3.8, 4) is 0 Å². The van der Waals surface area contributed by atoms with Crippen LogP contribution in [0.2, 0.25) is 0 Å². The van der Waals surface area contributed by atoms with Gasteiger partial charge in [-0.05, 0) is 31.5 Å². The van der Waals surface area contributed by atoms with E-state index >= 15 is 0 Å². The molecule has 0 fully saturated rings. The monoisotopic (exact) mass is 315 g/mol. The number of hydrogen-bond donors (Lipinski definition) is 3. The third kappa shape index (κ3) is 5.71. The van der Waals surface area contributed by atoms with Crippen LogP contribution in [0.4, 0.5) is 5.69 Å². The molecular weight excluding hydrogens is 294 g/mol. The van der Waals surface area contributed by atoms with Gasteiger partial charge in [-0.25, -0.2) is 0 Å². The SMILES string of the molecule is COCCNC(=O)c1cccc(NC(=O)[C@@H](C)N)c1C.Cl. The van der Waals surface area contributed by atoms with Gasteiger partial charge in [0, 0.05) is 24.9 Å². The minimum Gasteiger partial charge on any atom is -0.383 e. The first kappa shape index (κ1) is 19.4. The zero-order valence-corrected chi connectivity index (χ0v) is 13.3. The molecule has 0 saturated carbocycles. The van der Waals surface area contributed by atoms with Crippen molar-refractivity contribution in [2.24, 2.45) is 5.73 Å². The first-order valence-corrected chi connectivity index (χ1v) is 6.40. The highest BCUT2D eigenvalue weighted by Crippen LogP contribution is 2.19. The van der Waals surface area contributed by atoms with Crippen molar-refractivity contribution >= 4 is 29.9 Å². The normalized spacial score (nSPS) is 11.2. The molecule has 21 heavy (non-hydrogen) atoms. The molecule has 7 heteroatoms. The lowest BCUT2D eigenvalue weighted by Gasteiger charge is -2.13. The number of methoxy groups -OCH3 is 1. The van der Waals surface area contributed by atoms with Crippen LogP contribution < -0.4 is 16.4 Å². The summed E-state index contributed by atoms with van der Waals surface area (Å²) in [7, 11) is 1.57. The maximum Gasteiger partial charge on any atom is 0.251 e. The fraction of sp³-hybridized carbons (Fsp3) is 0.429. The summed E-state index contributed by atoms with van der Waals surface area (Å²) in [5.41, 5.74) is 7.32. The van der Waals surface area contributed by atoms with Gasteiger partial charge in [0.2, 0.25) is 5.91 Å². The van der Waals surface area contributed by atoms with Crippen LogP contribution in [0.25, 0.3) is 0 Å². The Bertz CT molecular complexity index is 492. The quantitative estimate of drug-likeness (QED) is 0.685. The van der Waals surface area contributed by atoms with Gasteiger partial charge in [-0.15, -0.1) is 12.4 Å². The molecule has 118 valence electrons. The first-order valence-electron chi connectivity index (χ1n) is 6.40. The van der Waals surface area contributed by atoms with Crippen LogP contribution in [0, 0.1) is 6.92 Å². The maximum absolute atomic E-state index is 12.0. The minimum absolute atomic E-state index is 0. The lowest BCUT2D eigenvalue weighted by atomic mass is 10.1. The molecule has 0 unspecified atom stereocenters. The van der Waals surface area contributed by atoms with E-state index in [0.717, 1.165) is 0 Å². The van der Waals surface area contributed by atoms with Gasteiger partial charge in [-0.2, -0.15) is 0 Å². The van der Waals surface area contributed by atoms with E-state index in [2.05, 4.69) is 10.6 Å². The van der Waals surface area contributed by atoms with Crippen LogP contribution in [-0.2, 0) is 9.53 Å². The van der Waals surface area contributed by atoms with Gasteiger partial charge < -0.3 is 21.1 Å². The third-order valence-electron chi connectivity index (χ3n) is 2.84. The number of hydrogen-bond acceptors (Lipinski definition) is 4. The Morgan fingerprint density at radius 1 is 1.38 bits per heavy atom. The maximum atomic E-state index is 12.0. The molecule has 0 spiro atoms. The van der Waals surface area contributed by atoms with Crippen LogP contribution in [0.3, 0.4) is 0 Å². The number of rotatable bonds is 6. The highest BCUT2D eigenvalue weighted by molar-refractivity contribution is 6.00. The Morgan fingerprint density at radius 3 is 2.62 bits per heavy atom. The summed E-state index contributed by atoms with van der Waals surface area (Å²) in [6, 6.07) is 4.56. The predicted octanol–water partition coefficient (Wildman–Crippen LogP) is 1.08. The van der Waals surface area contributed by atoms with Crippen LogP contribution in [0.1, 0.15) is 22.8 Å². The number of amides is 2. The zero-order chi connectivity index (χ0) is 15.1. The molecule has 0 aromatic heterocycles. The number of nitrogens with two attached hydrogens (primary N) is 1. The molecule has 1 aromatic carbocycles. The van der Waals surface area contributed by atoms with E-state index in [1.54, 1.807) is 39.2 Å². The van der Waals surface area contributed by atoms with Crippen LogP contribution in [0.15, 0.2) is 18.2 Å². The van der Waals surface area contributed by atoms with Crippen molar-refractivity contribution in [1.82, 2.24) is 5.32 Å². The van der Waals surface area contributed by atoms with E-state index in [4.69, 9.17) is 10.5 Å². The van der Waals surface area contributed by atoms with Crippen molar-refractivity contribution in [3.63, 3.8) is 0 Å². The topological polar surface area (TPSA) is 93.5 Å². The highest BCUT2D eigenvalue weighted by atomic mass is 35.5. The number of nitrogens with one attached hydrogen (secondary N) is 2. The Labute approximate surface area is 130 Å². The Morgan fingerprint density at radius 2 is 2.05 bits per heavy atom. The summed E-state index contributed by atoms with van der Waals surface area (Å²) in [6.45, 7) is 4.27. The average molecular weight is 316 g/mol. The number of anilines is 1. The molecule has 2 amide bonds. The largest absolute Gasteiger partial charge is 0.383 e. The molecule has 4 N–H and O–H groups in total. The molecule has 1 aromatic rings. The van der Waals surface area contributed by atoms with Crippen LogP contribution in [-0.4, -0.2) is 38.1 Å². The summed E-state index contributed by atoms with van der Waals surface area (Å²) in [4.78, 5) is 23.6. The zero-order valence-electron chi connectivity index (χ0n) is 12.4. The Hall–Kier alpha value is -1.63. The van der Waals surface area contributed by atoms with Crippen molar-refractivity contribution in [1.29, 1.82) is 0 Å². The second-order valence-electron chi connectivity index (χ2n) is 4.50. The predicted molar refractivity (Wildman–Crippen MR) is 84.9 cm³/mol. The molecule has 0 aliphatic carbocycles. The van der Waals surface area contributed by atoms with Gasteiger partial charge in [0.25, 0.3) is 5.91 Å². The van der Waals surface area contributed by atoms with E-state index in [1.807, 2.05) is 0 Å². The summed E-state index contributed by atoms with van der Waals surface area (Å²) < 4.78 is 4.88. The third-order valence-corrected chi connectivity index (χ3v) is 2.84. The summed E-state index contributed by atoms with van der Waals surface area (Å²) in [6.07, 6.45) is 0. The average Bonchev–Trinajstić information content (AvgIpc) is 2.41. The smallest absolute Gasteiger partial charge is 0.251 e. The minimum atomic E-state index is -0.603. The standard InChI is InChI=1S/C14H21N3O3.ClH/c1-9-11(14(19)16-7-8-20-3)5-4-6-12(9)17-13(18)10(2)15;/h4-6,10H,7-8,15H2,1-3H3,(H,16,19)(H,17,18);1H/t10-;/m1./s1. The van der Waals surface area contributed by atoms with E-state index in [9.17, 15) is 9.59 Å². The first-order chi connectivity index (χ1) is 9.47. The van der Waals surface area contributed by atoms with E-state index in [1.165, 1.54) is 0 Å². The number of halogens is 1. The van der Waals surface area contributed by atoms with Gasteiger partial charge >= 0.3 is 0 Å². The molecule has 0 saturated heterocycles. The summed E-state index contributed by atoms with van der Waals surface area (Å²) in [5, 5.41) is 5.45. The highest BCUT2D eigenvalue weighted by Gasteiger charge is 2.14. The molecule has 0 aliphatic rings. The second kappa shape index (κ2) is 9.33. The number of carbonyl (C=O) groups is 2. The van der Waals surface area contributed by atoms with Crippen molar-refractivity contribution in [2.45, 2.75) is 19.9 Å². The second-order valence-corrected chi connectivity index (χ2v) is 4.50. The summed E-state index contributed by atoms with van der Waals surface area (Å²) >= 11 is 0. The molecule has 0 radical (unpaired) electrons. The Balaban J connectivity index is 0.00000400. The molecule has 1 rings (SSSR count). The van der Waals surface area contributed by atoms with Crippen molar-refractivity contribution < 1.29 is 14.3 Å². The van der Waals surface area contributed by atoms with E-state index < -0.39 is 6.04 Å². The van der Waals surface area contributed by atoms with E-state index in [0.29, 0.717) is 30.0 Å². The number of ether oxygens (including phenoxy) is 1. The van der Waals surface area contributed by atoms with E-state index in [-0.39, 0.29) is 24.2 Å². The van der Waals surface area contributed by atoms with Crippen molar-refractivity contribution in [2.75, 3.05) is 25.6 Å². The molecule has 0 bridgehead atoms. The summed E-state index contributed by atoms with van der Waals surface area (Å²) in [5.74, 6) is -0.485. The lowest BCUT2D eigenvalue weighted by Crippen LogP contribution is -2.33. The van der Waals surface area contributed by atoms with Gasteiger partial charge in [-0.1, -0.05) is 6.07 Å². The number of benzene rings is 1. The van der Waals surface area contributed by atoms with Gasteiger partial charge in [-0.3, -0.25) is 9.59 Å². The van der Waals surface area contributed by atoms with Gasteiger partial charge in [0.15, 0.2) is 0 Å². The van der Waals surface area contributed by atoms with Crippen LogP contribution in [0.5, 0.6) is 0 Å². The Kier molecular flexibility index (Phi) is 8.61. The fourth-order valence-electron chi connectivity index (χ4n) is 1.63.